The quantitative estimate of drug-likeness (QED) is 0.145. The Morgan fingerprint density at radius 1 is 1.14 bits per heavy atom. The molecule has 0 aliphatic carbocycles. The van der Waals surface area contributed by atoms with Gasteiger partial charge in [-0.25, -0.2) is 9.78 Å². The number of carbonyl (C=O) groups excluding carboxylic acids is 3. The van der Waals surface area contributed by atoms with Crippen molar-refractivity contribution in [3.8, 4) is 5.75 Å². The topological polar surface area (TPSA) is 106 Å². The van der Waals surface area contributed by atoms with Crippen molar-refractivity contribution in [2.45, 2.75) is 26.8 Å². The van der Waals surface area contributed by atoms with Crippen LogP contribution in [0.5, 0.6) is 5.75 Å². The van der Waals surface area contributed by atoms with Gasteiger partial charge in [0.1, 0.15) is 23.0 Å². The lowest BCUT2D eigenvalue weighted by atomic mass is 9.95. The number of thiazole rings is 1. The highest BCUT2D eigenvalue weighted by molar-refractivity contribution is 7.17. The number of aliphatic hydroxyl groups is 1. The summed E-state index contributed by atoms with van der Waals surface area (Å²) >= 11 is 0.946. The Hall–Kier alpha value is -4.24. The first-order valence-corrected chi connectivity index (χ1v) is 12.4. The summed E-state index contributed by atoms with van der Waals surface area (Å²) in [7, 11) is 0. The molecule has 37 heavy (non-hydrogen) atoms. The monoisotopic (exact) mass is 518 g/mol. The first-order valence-electron chi connectivity index (χ1n) is 11.6. The number of ketones is 1. The second-order valence-electron chi connectivity index (χ2n) is 8.34. The number of anilines is 1. The Bertz CT molecular complexity index is 1390. The lowest BCUT2D eigenvalue weighted by Crippen LogP contribution is -2.29. The number of benzene rings is 2. The molecule has 1 aromatic heterocycles. The first kappa shape index (κ1) is 25.8. The van der Waals surface area contributed by atoms with Crippen LogP contribution in [0.4, 0.5) is 5.13 Å². The maximum Gasteiger partial charge on any atom is 0.350 e. The number of aromatic nitrogens is 1. The summed E-state index contributed by atoms with van der Waals surface area (Å²) in [5, 5.41) is 11.4. The lowest BCUT2D eigenvalue weighted by Gasteiger charge is -2.23. The van der Waals surface area contributed by atoms with E-state index in [2.05, 4.69) is 11.6 Å². The molecule has 0 radical (unpaired) electrons. The number of carbonyl (C=O) groups is 3. The molecule has 2 aromatic carbocycles. The van der Waals surface area contributed by atoms with E-state index >= 15 is 0 Å². The number of rotatable bonds is 8. The summed E-state index contributed by atoms with van der Waals surface area (Å²) in [6.45, 7) is 9.44. The molecule has 0 bridgehead atoms. The molecule has 2 heterocycles. The Balaban J connectivity index is 1.86. The third kappa shape index (κ3) is 5.03. The molecule has 1 N–H and O–H groups in total. The maximum atomic E-state index is 13.4. The largest absolute Gasteiger partial charge is 0.507 e. The molecule has 1 saturated heterocycles. The Kier molecular flexibility index (Phi) is 7.54. The summed E-state index contributed by atoms with van der Waals surface area (Å²) in [5.41, 5.74) is 2.25. The second-order valence-corrected chi connectivity index (χ2v) is 9.31. The van der Waals surface area contributed by atoms with Crippen molar-refractivity contribution in [1.82, 2.24) is 4.98 Å². The fourth-order valence-corrected chi connectivity index (χ4v) is 4.99. The SMILES string of the molecule is C=CCOC(=O)c1sc(N2C(=O)C(=O)/C(=C(\O)c3ccc(C)cc3)C2c2ccc(OCC)cc2)nc1C. The summed E-state index contributed by atoms with van der Waals surface area (Å²) < 4.78 is 10.7. The zero-order valence-corrected chi connectivity index (χ0v) is 21.5. The minimum Gasteiger partial charge on any atom is -0.507 e. The number of hydrogen-bond donors (Lipinski definition) is 1. The van der Waals surface area contributed by atoms with Gasteiger partial charge in [0.2, 0.25) is 0 Å². The van der Waals surface area contributed by atoms with Gasteiger partial charge in [0.25, 0.3) is 5.78 Å². The van der Waals surface area contributed by atoms with Crippen LogP contribution >= 0.6 is 11.3 Å². The van der Waals surface area contributed by atoms with E-state index in [9.17, 15) is 19.5 Å². The van der Waals surface area contributed by atoms with E-state index in [4.69, 9.17) is 9.47 Å². The van der Waals surface area contributed by atoms with Crippen molar-refractivity contribution in [3.63, 3.8) is 0 Å². The number of ether oxygens (including phenoxy) is 2. The standard InChI is InChI=1S/C28H26N2O6S/c1-5-15-36-27(34)25-17(4)29-28(37-25)30-22(18-11-13-20(14-12-18)35-6-2)21(24(32)26(30)33)23(31)19-9-7-16(3)8-10-19/h5,7-14,22,31H,1,6,15H2,2-4H3/b23-21-. The molecule has 0 saturated carbocycles. The van der Waals surface area contributed by atoms with Crippen LogP contribution in [0.15, 0.2) is 66.8 Å². The molecule has 1 fully saturated rings. The Morgan fingerprint density at radius 2 is 1.81 bits per heavy atom. The highest BCUT2D eigenvalue weighted by atomic mass is 32.1. The molecule has 4 rings (SSSR count). The van der Waals surface area contributed by atoms with Gasteiger partial charge in [-0.3, -0.25) is 14.5 Å². The zero-order valence-electron chi connectivity index (χ0n) is 20.7. The average molecular weight is 519 g/mol. The van der Waals surface area contributed by atoms with Gasteiger partial charge < -0.3 is 14.6 Å². The molecule has 8 nitrogen and oxygen atoms in total. The van der Waals surface area contributed by atoms with Gasteiger partial charge >= 0.3 is 11.9 Å². The van der Waals surface area contributed by atoms with Crippen molar-refractivity contribution in [3.05, 3.63) is 94.0 Å². The lowest BCUT2D eigenvalue weighted by molar-refractivity contribution is -0.132. The van der Waals surface area contributed by atoms with Crippen LogP contribution in [0.3, 0.4) is 0 Å². The number of nitrogens with zero attached hydrogens (tertiary/aromatic N) is 2. The molecule has 0 spiro atoms. The molecular weight excluding hydrogens is 492 g/mol. The fourth-order valence-electron chi connectivity index (χ4n) is 4.00. The average Bonchev–Trinajstić information content (AvgIpc) is 3.40. The van der Waals surface area contributed by atoms with E-state index in [-0.39, 0.29) is 27.9 Å². The van der Waals surface area contributed by atoms with Crippen LogP contribution in [-0.4, -0.2) is 41.0 Å². The van der Waals surface area contributed by atoms with Gasteiger partial charge in [0.05, 0.1) is 23.9 Å². The van der Waals surface area contributed by atoms with Gasteiger partial charge in [0, 0.05) is 5.56 Å². The molecule has 1 atom stereocenters. The number of aliphatic hydroxyl groups excluding tert-OH is 1. The summed E-state index contributed by atoms with van der Waals surface area (Å²) in [6.07, 6.45) is 1.45. The van der Waals surface area contributed by atoms with Crippen molar-refractivity contribution >= 4 is 39.9 Å². The van der Waals surface area contributed by atoms with Gasteiger partial charge in [-0.05, 0) is 38.5 Å². The Labute approximate surface area is 218 Å². The third-order valence-electron chi connectivity index (χ3n) is 5.79. The predicted molar refractivity (Wildman–Crippen MR) is 141 cm³/mol. The molecule has 1 aliphatic rings. The number of aryl methyl sites for hydroxylation is 2. The smallest absolute Gasteiger partial charge is 0.350 e. The van der Waals surface area contributed by atoms with E-state index in [0.717, 1.165) is 16.9 Å². The van der Waals surface area contributed by atoms with Gasteiger partial charge in [-0.15, -0.1) is 0 Å². The normalized spacial score (nSPS) is 16.6. The van der Waals surface area contributed by atoms with Gasteiger partial charge in [-0.2, -0.15) is 0 Å². The van der Waals surface area contributed by atoms with E-state index in [0.29, 0.717) is 29.2 Å². The van der Waals surface area contributed by atoms with Crippen LogP contribution in [0.1, 0.15) is 45.0 Å². The van der Waals surface area contributed by atoms with E-state index in [1.54, 1.807) is 43.3 Å². The van der Waals surface area contributed by atoms with Crippen LogP contribution in [0, 0.1) is 13.8 Å². The van der Waals surface area contributed by atoms with Crippen LogP contribution in [0.25, 0.3) is 5.76 Å². The summed E-state index contributed by atoms with van der Waals surface area (Å²) in [4.78, 5) is 45.1. The van der Waals surface area contributed by atoms with Gasteiger partial charge in [0.15, 0.2) is 5.13 Å². The van der Waals surface area contributed by atoms with E-state index < -0.39 is 23.7 Å². The van der Waals surface area contributed by atoms with Crippen molar-refractivity contribution in [2.75, 3.05) is 18.1 Å². The highest BCUT2D eigenvalue weighted by Gasteiger charge is 2.48. The number of hydrogen-bond acceptors (Lipinski definition) is 8. The molecule has 1 amide bonds. The molecule has 3 aromatic rings. The zero-order chi connectivity index (χ0) is 26.7. The van der Waals surface area contributed by atoms with Gasteiger partial charge in [-0.1, -0.05) is 66.0 Å². The number of Topliss-reactive ketones (excluding diaryl/α,β-unsaturated/α-hetero) is 1. The molecular formula is C28H26N2O6S. The summed E-state index contributed by atoms with van der Waals surface area (Å²) in [6, 6.07) is 13.0. The highest BCUT2D eigenvalue weighted by Crippen LogP contribution is 2.44. The molecule has 1 aliphatic heterocycles. The third-order valence-corrected chi connectivity index (χ3v) is 6.92. The van der Waals surface area contributed by atoms with Crippen molar-refractivity contribution < 1.29 is 29.0 Å². The maximum absolute atomic E-state index is 13.4. The first-order chi connectivity index (χ1) is 17.8. The Morgan fingerprint density at radius 3 is 2.43 bits per heavy atom. The van der Waals surface area contributed by atoms with Crippen LogP contribution in [0.2, 0.25) is 0 Å². The fraction of sp³-hybridized carbons (Fsp3) is 0.214. The van der Waals surface area contributed by atoms with Crippen molar-refractivity contribution in [2.24, 2.45) is 0 Å². The van der Waals surface area contributed by atoms with Crippen molar-refractivity contribution in [1.29, 1.82) is 0 Å². The molecule has 9 heteroatoms. The van der Waals surface area contributed by atoms with E-state index in [1.807, 2.05) is 26.0 Å². The van der Waals surface area contributed by atoms with Crippen LogP contribution < -0.4 is 9.64 Å². The predicted octanol–water partition coefficient (Wildman–Crippen LogP) is 5.13. The van der Waals surface area contributed by atoms with E-state index in [1.165, 1.54) is 11.0 Å². The minimum atomic E-state index is -0.973. The molecule has 1 unspecified atom stereocenters. The molecule has 190 valence electrons. The number of amides is 1. The second kappa shape index (κ2) is 10.8. The number of esters is 1. The summed E-state index contributed by atoms with van der Waals surface area (Å²) in [5.74, 6) is -1.97. The minimum absolute atomic E-state index is 0.0265. The van der Waals surface area contributed by atoms with Crippen LogP contribution in [-0.2, 0) is 14.3 Å².